The van der Waals surface area contributed by atoms with E-state index in [2.05, 4.69) is 0 Å². The minimum absolute atomic E-state index is 0.0261. The Bertz CT molecular complexity index is 2710. The summed E-state index contributed by atoms with van der Waals surface area (Å²) in [5.74, 6) is 1.35. The second kappa shape index (κ2) is 41.6. The van der Waals surface area contributed by atoms with E-state index >= 15 is 0 Å². The van der Waals surface area contributed by atoms with Crippen LogP contribution in [0, 0.1) is 0 Å². The molecule has 0 heterocycles. The molecule has 12 atom stereocenters. The van der Waals surface area contributed by atoms with Crippen LogP contribution in [-0.4, -0.2) is 178 Å². The Balaban J connectivity index is 0.862. The van der Waals surface area contributed by atoms with E-state index in [1.807, 2.05) is 151 Å². The molecule has 0 aliphatic rings. The summed E-state index contributed by atoms with van der Waals surface area (Å²) < 4.78 is 93.8. The first kappa shape index (κ1) is 74.9. The fourth-order valence-corrected chi connectivity index (χ4v) is 8.52. The topological polar surface area (TPSA) is 182 Å². The molecule has 0 aromatic heterocycles. The van der Waals surface area contributed by atoms with Crippen LogP contribution in [0.25, 0.3) is 22.3 Å². The van der Waals surface area contributed by atoms with Crippen molar-refractivity contribution in [2.75, 3.05) is 93.0 Å². The number of carbonyl (C=O) groups is 2. The van der Waals surface area contributed by atoms with Crippen LogP contribution in [0.4, 0.5) is 0 Å². The van der Waals surface area contributed by atoms with Gasteiger partial charge in [-0.2, -0.15) is 0 Å². The van der Waals surface area contributed by atoms with Gasteiger partial charge in [-0.15, -0.1) is 0 Å². The van der Waals surface area contributed by atoms with Gasteiger partial charge in [0.15, 0.2) is 0 Å². The monoisotopic (exact) mass is 1250 g/mol. The molecule has 0 N–H and O–H groups in total. The van der Waals surface area contributed by atoms with Crippen LogP contribution in [-0.2, 0) is 56.8 Å². The van der Waals surface area contributed by atoms with Crippen molar-refractivity contribution < 1.29 is 85.4 Å². The predicted octanol–water partition coefficient (Wildman–Crippen LogP) is 13.1. The lowest BCUT2D eigenvalue weighted by molar-refractivity contribution is -0.113. The van der Waals surface area contributed by atoms with Crippen LogP contribution < -0.4 is 18.9 Å². The van der Waals surface area contributed by atoms with Gasteiger partial charge in [-0.3, -0.25) is 0 Å². The largest absolute Gasteiger partial charge is 0.494 e. The number of methoxy groups -OCH3 is 1. The predicted molar refractivity (Wildman–Crippen MR) is 347 cm³/mol. The smallest absolute Gasteiger partial charge is 0.343 e. The normalized spacial score (nSPS) is 15.7. The van der Waals surface area contributed by atoms with Crippen molar-refractivity contribution in [3.05, 3.63) is 132 Å². The Morgan fingerprint density at radius 1 is 0.289 bits per heavy atom. The van der Waals surface area contributed by atoms with Gasteiger partial charge in [0.25, 0.3) is 0 Å². The lowest BCUT2D eigenvalue weighted by atomic mass is 10.0. The third-order valence-corrected chi connectivity index (χ3v) is 13.8. The number of rotatable bonds is 46. The molecular weight excluding hydrogens is 1150 g/mol. The van der Waals surface area contributed by atoms with Crippen LogP contribution in [0.5, 0.6) is 23.0 Å². The number of benzene rings is 5. The first-order valence-corrected chi connectivity index (χ1v) is 31.8. The van der Waals surface area contributed by atoms with Gasteiger partial charge in [0.05, 0.1) is 164 Å². The summed E-state index contributed by atoms with van der Waals surface area (Å²) in [7, 11) is 1.66. The van der Waals surface area contributed by atoms with Crippen molar-refractivity contribution in [2.45, 2.75) is 170 Å². The van der Waals surface area contributed by atoms with Gasteiger partial charge in [0, 0.05) is 7.11 Å². The zero-order chi connectivity index (χ0) is 65.2. The van der Waals surface area contributed by atoms with Crippen molar-refractivity contribution in [1.82, 2.24) is 0 Å². The Morgan fingerprint density at radius 2 is 0.511 bits per heavy atom. The quantitative estimate of drug-likeness (QED) is 0.0265. The molecule has 0 saturated heterocycles. The van der Waals surface area contributed by atoms with Gasteiger partial charge in [-0.1, -0.05) is 55.5 Å². The summed E-state index contributed by atoms with van der Waals surface area (Å²) in [6, 6.07) is 36.4. The fraction of sp³-hybridized carbons (Fsp3) is 0.556. The maximum atomic E-state index is 13.1. The minimum Gasteiger partial charge on any atom is -0.494 e. The van der Waals surface area contributed by atoms with E-state index in [-0.39, 0.29) is 73.2 Å². The molecule has 0 amide bonds. The molecule has 5 aromatic carbocycles. The number of hydrogen-bond acceptors (Lipinski definition) is 18. The van der Waals surface area contributed by atoms with Crippen LogP contribution in [0.15, 0.2) is 121 Å². The van der Waals surface area contributed by atoms with Gasteiger partial charge in [0.1, 0.15) is 29.1 Å². The molecule has 0 aliphatic heterocycles. The molecule has 5 aromatic rings. The van der Waals surface area contributed by atoms with E-state index in [0.29, 0.717) is 120 Å². The second-order valence-corrected chi connectivity index (χ2v) is 23.3. The number of hydrogen-bond donors (Lipinski definition) is 0. The highest BCUT2D eigenvalue weighted by molar-refractivity contribution is 5.92. The SMILES string of the molecule is CCCOc1ccc(C(=O)Oc2ccc(-c3ccc(OC(=O)c4ccc(-c5ccc(OC(C)COC(C)COC(C)COC(C)COC(C)COC(C)COC(C)COC(C)COC(C)COC(C)COC(C)COC(C)COC)cc5)cc4)cc3)cc2)cc1. The maximum absolute atomic E-state index is 13.1. The lowest BCUT2D eigenvalue weighted by Gasteiger charge is -2.23. The molecule has 90 heavy (non-hydrogen) atoms. The third kappa shape index (κ3) is 30.1. The Kier molecular flexibility index (Phi) is 34.6. The van der Waals surface area contributed by atoms with E-state index in [9.17, 15) is 9.59 Å². The van der Waals surface area contributed by atoms with Crippen molar-refractivity contribution >= 4 is 11.9 Å². The molecular formula is C72H102O18. The molecule has 18 heteroatoms. The molecule has 12 unspecified atom stereocenters. The summed E-state index contributed by atoms with van der Waals surface area (Å²) in [6.07, 6.45) is -0.360. The number of ether oxygens (including phenoxy) is 16. The number of carbonyl (C=O) groups excluding carboxylic acids is 2. The first-order chi connectivity index (χ1) is 43.2. The van der Waals surface area contributed by atoms with Gasteiger partial charge in [-0.25, -0.2) is 9.59 Å². The zero-order valence-corrected chi connectivity index (χ0v) is 55.7. The van der Waals surface area contributed by atoms with E-state index < -0.39 is 11.9 Å². The van der Waals surface area contributed by atoms with Crippen molar-refractivity contribution in [2.24, 2.45) is 0 Å². The average molecular weight is 1260 g/mol. The highest BCUT2D eigenvalue weighted by Gasteiger charge is 2.19. The molecule has 0 saturated carbocycles. The van der Waals surface area contributed by atoms with Gasteiger partial charge in [-0.05, 0) is 185 Å². The Hall–Kier alpha value is -5.84. The third-order valence-electron chi connectivity index (χ3n) is 13.8. The standard InChI is InChI=1S/C72H102O18/c1-15-36-76-67-28-26-66(27-29-67)72(74)90-70-34-24-64(25-35-70)63-22-32-69(33-23-63)89-71(73)65-18-16-61(17-19-65)62-20-30-68(31-21-62)88-60(13)48-87-59(12)47-86-58(11)46-85-57(10)45-84-56(9)44-83-55(8)43-82-54(7)42-81-53(6)41-80-52(5)40-79-51(4)39-78-50(3)38-77-49(2)37-75-14/h16-35,49-60H,15,36-48H2,1-14H3. The highest BCUT2D eigenvalue weighted by Crippen LogP contribution is 2.28. The molecule has 5 rings (SSSR count). The molecule has 0 aliphatic carbocycles. The summed E-state index contributed by atoms with van der Waals surface area (Å²) >= 11 is 0. The van der Waals surface area contributed by atoms with Crippen molar-refractivity contribution in [1.29, 1.82) is 0 Å². The van der Waals surface area contributed by atoms with E-state index in [1.54, 1.807) is 67.8 Å². The molecule has 0 spiro atoms. The Labute approximate surface area is 535 Å². The first-order valence-electron chi connectivity index (χ1n) is 31.8. The fourth-order valence-electron chi connectivity index (χ4n) is 8.52. The zero-order valence-electron chi connectivity index (χ0n) is 55.7. The molecule has 0 bridgehead atoms. The molecule has 18 nitrogen and oxygen atoms in total. The average Bonchev–Trinajstić information content (AvgIpc) is 1.88. The van der Waals surface area contributed by atoms with Crippen molar-refractivity contribution in [3.8, 4) is 45.3 Å². The summed E-state index contributed by atoms with van der Waals surface area (Å²) in [4.78, 5) is 25.8. The number of esters is 2. The van der Waals surface area contributed by atoms with Crippen molar-refractivity contribution in [3.63, 3.8) is 0 Å². The summed E-state index contributed by atoms with van der Waals surface area (Å²) in [6.45, 7) is 31.8. The summed E-state index contributed by atoms with van der Waals surface area (Å²) in [5.41, 5.74) is 4.59. The van der Waals surface area contributed by atoms with E-state index in [4.69, 9.17) is 75.8 Å². The Morgan fingerprint density at radius 3 is 0.778 bits per heavy atom. The van der Waals surface area contributed by atoms with Crippen LogP contribution in [0.3, 0.4) is 0 Å². The van der Waals surface area contributed by atoms with Crippen LogP contribution in [0.2, 0.25) is 0 Å². The molecule has 0 radical (unpaired) electrons. The van der Waals surface area contributed by atoms with E-state index in [1.165, 1.54) is 0 Å². The van der Waals surface area contributed by atoms with Crippen LogP contribution in [0.1, 0.15) is 117 Å². The maximum Gasteiger partial charge on any atom is 0.343 e. The highest BCUT2D eigenvalue weighted by atomic mass is 16.6. The lowest BCUT2D eigenvalue weighted by Crippen LogP contribution is -2.31. The van der Waals surface area contributed by atoms with Gasteiger partial charge < -0.3 is 75.8 Å². The second-order valence-electron chi connectivity index (χ2n) is 23.3. The van der Waals surface area contributed by atoms with Gasteiger partial charge in [0.2, 0.25) is 0 Å². The molecule has 498 valence electrons. The molecule has 0 fully saturated rings. The van der Waals surface area contributed by atoms with Crippen LogP contribution >= 0.6 is 0 Å². The summed E-state index contributed by atoms with van der Waals surface area (Å²) in [5, 5.41) is 0. The van der Waals surface area contributed by atoms with E-state index in [0.717, 1.165) is 28.7 Å². The minimum atomic E-state index is -0.464. The van der Waals surface area contributed by atoms with Gasteiger partial charge >= 0.3 is 11.9 Å².